The molecule has 1 aromatic heterocycles. The minimum Gasteiger partial charge on any atom is -0.469 e. The van der Waals surface area contributed by atoms with Gasteiger partial charge in [0.1, 0.15) is 0 Å². The Balaban J connectivity index is 1.60. The van der Waals surface area contributed by atoms with E-state index in [0.29, 0.717) is 42.7 Å². The predicted octanol–water partition coefficient (Wildman–Crippen LogP) is 1.07. The molecule has 1 saturated heterocycles. The normalized spacial score (nSPS) is 17.4. The highest BCUT2D eigenvalue weighted by molar-refractivity contribution is 5.96. The number of carbonyl (C=O) groups excluding carboxylic acids is 2. The summed E-state index contributed by atoms with van der Waals surface area (Å²) < 4.78 is 4.78. The number of aromatic nitrogens is 2. The molecule has 0 radical (unpaired) electrons. The number of hydrogen-bond donors (Lipinski definition) is 3. The van der Waals surface area contributed by atoms with Crippen molar-refractivity contribution in [2.75, 3.05) is 25.5 Å². The maximum Gasteiger partial charge on any atom is 0.323 e. The van der Waals surface area contributed by atoms with E-state index in [0.717, 1.165) is 0 Å². The van der Waals surface area contributed by atoms with Gasteiger partial charge in [-0.05, 0) is 51.1 Å². The van der Waals surface area contributed by atoms with Crippen molar-refractivity contribution in [3.63, 3.8) is 0 Å². The molecule has 1 atom stereocenters. The third kappa shape index (κ3) is 3.74. The number of methoxy groups -OCH3 is 1. The van der Waals surface area contributed by atoms with Crippen LogP contribution in [0.4, 0.5) is 5.69 Å². The maximum absolute atomic E-state index is 12.5. The van der Waals surface area contributed by atoms with E-state index in [2.05, 4.69) is 20.2 Å². The summed E-state index contributed by atoms with van der Waals surface area (Å²) in [6.45, 7) is 3.21. The Bertz CT molecular complexity index is 833. The van der Waals surface area contributed by atoms with E-state index in [1.165, 1.54) is 7.11 Å². The molecule has 3 rings (SSSR count). The van der Waals surface area contributed by atoms with Gasteiger partial charge < -0.3 is 20.0 Å². The zero-order valence-electron chi connectivity index (χ0n) is 14.3. The lowest BCUT2D eigenvalue weighted by Crippen LogP contribution is -2.47. The van der Waals surface area contributed by atoms with Crippen molar-refractivity contribution in [2.24, 2.45) is 5.92 Å². The summed E-state index contributed by atoms with van der Waals surface area (Å²) >= 11 is 0. The summed E-state index contributed by atoms with van der Waals surface area (Å²) in [6, 6.07) is 4.91. The topological polar surface area (TPSA) is 107 Å². The van der Waals surface area contributed by atoms with E-state index in [1.54, 1.807) is 18.2 Å². The highest BCUT2D eigenvalue weighted by Crippen LogP contribution is 2.21. The molecule has 0 saturated carbocycles. The quantitative estimate of drug-likeness (QED) is 0.718. The van der Waals surface area contributed by atoms with E-state index >= 15 is 0 Å². The van der Waals surface area contributed by atoms with Crippen LogP contribution in [0.3, 0.4) is 0 Å². The fourth-order valence-corrected chi connectivity index (χ4v) is 3.21. The number of nitrogens with one attached hydrogen (secondary N) is 3. The summed E-state index contributed by atoms with van der Waals surface area (Å²) in [4.78, 5) is 42.8. The van der Waals surface area contributed by atoms with Crippen molar-refractivity contribution in [3.05, 3.63) is 28.7 Å². The number of piperidine rings is 1. The molecule has 0 aliphatic carbocycles. The Morgan fingerprint density at radius 2 is 1.92 bits per heavy atom. The summed E-state index contributed by atoms with van der Waals surface area (Å²) in [5, 5.41) is 2.88. The first kappa shape index (κ1) is 17.2. The lowest BCUT2D eigenvalue weighted by molar-refractivity contribution is -0.147. The molecule has 0 bridgehead atoms. The van der Waals surface area contributed by atoms with Gasteiger partial charge in [0.2, 0.25) is 5.91 Å². The second-order valence-electron chi connectivity index (χ2n) is 6.34. The van der Waals surface area contributed by atoms with Gasteiger partial charge in [-0.15, -0.1) is 0 Å². The molecule has 1 amide bonds. The third-order valence-corrected chi connectivity index (χ3v) is 4.77. The average molecular weight is 346 g/mol. The molecule has 25 heavy (non-hydrogen) atoms. The van der Waals surface area contributed by atoms with Crippen molar-refractivity contribution >= 4 is 28.6 Å². The predicted molar refractivity (Wildman–Crippen MR) is 93.3 cm³/mol. The highest BCUT2D eigenvalue weighted by Gasteiger charge is 2.30. The van der Waals surface area contributed by atoms with Gasteiger partial charge >= 0.3 is 11.7 Å². The molecule has 2 heterocycles. The molecule has 2 aromatic rings. The van der Waals surface area contributed by atoms with Gasteiger partial charge in [-0.3, -0.25) is 14.5 Å². The van der Waals surface area contributed by atoms with Crippen molar-refractivity contribution in [1.82, 2.24) is 14.9 Å². The number of likely N-dealkylation sites (tertiary alicyclic amines) is 1. The number of benzene rings is 1. The number of rotatable bonds is 4. The molecule has 1 fully saturated rings. The van der Waals surface area contributed by atoms with Gasteiger partial charge in [-0.25, -0.2) is 4.79 Å². The number of nitrogens with zero attached hydrogens (tertiary/aromatic N) is 1. The van der Waals surface area contributed by atoms with Crippen LogP contribution in [0.15, 0.2) is 23.0 Å². The number of carbonyl (C=O) groups is 2. The first-order valence-corrected chi connectivity index (χ1v) is 8.32. The number of hydrogen-bond acceptors (Lipinski definition) is 5. The average Bonchev–Trinajstić information content (AvgIpc) is 2.99. The second-order valence-corrected chi connectivity index (χ2v) is 6.34. The molecular formula is C17H22N4O4. The highest BCUT2D eigenvalue weighted by atomic mass is 16.5. The minimum absolute atomic E-state index is 0.0793. The summed E-state index contributed by atoms with van der Waals surface area (Å²) in [5.74, 6) is -0.372. The number of ether oxygens (including phenoxy) is 1. The Morgan fingerprint density at radius 3 is 2.60 bits per heavy atom. The molecule has 8 heteroatoms. The second kappa shape index (κ2) is 7.10. The van der Waals surface area contributed by atoms with Crippen LogP contribution in [0.1, 0.15) is 19.8 Å². The summed E-state index contributed by atoms with van der Waals surface area (Å²) in [7, 11) is 1.40. The molecule has 134 valence electrons. The van der Waals surface area contributed by atoms with Crippen LogP contribution in [0.5, 0.6) is 0 Å². The molecule has 1 aromatic carbocycles. The van der Waals surface area contributed by atoms with Crippen LogP contribution < -0.4 is 11.0 Å². The minimum atomic E-state index is -0.306. The first-order valence-electron chi connectivity index (χ1n) is 8.32. The smallest absolute Gasteiger partial charge is 0.323 e. The Hall–Kier alpha value is -2.61. The van der Waals surface area contributed by atoms with Gasteiger partial charge in [-0.1, -0.05) is 0 Å². The van der Waals surface area contributed by atoms with E-state index in [-0.39, 0.29) is 29.5 Å². The van der Waals surface area contributed by atoms with E-state index in [9.17, 15) is 14.4 Å². The zero-order chi connectivity index (χ0) is 18.0. The zero-order valence-corrected chi connectivity index (χ0v) is 14.3. The maximum atomic E-state index is 12.5. The molecule has 1 aliphatic rings. The standard InChI is InChI=1S/C17H22N4O4/c1-10(21-7-5-11(6-8-21)16(23)25-2)15(22)18-12-3-4-13-14(9-12)20-17(24)19-13/h3-4,9-11H,5-8H2,1-2H3,(H,18,22)(H2,19,20,24)/t10-/m0/s1. The van der Waals surface area contributed by atoms with Crippen molar-refractivity contribution < 1.29 is 14.3 Å². The Labute approximate surface area is 144 Å². The number of imidazole rings is 1. The number of fused-ring (bicyclic) bond motifs is 1. The van der Waals surface area contributed by atoms with Crippen molar-refractivity contribution in [1.29, 1.82) is 0 Å². The molecule has 1 aliphatic heterocycles. The van der Waals surface area contributed by atoms with E-state index in [1.807, 2.05) is 6.92 Å². The lowest BCUT2D eigenvalue weighted by atomic mass is 9.96. The lowest BCUT2D eigenvalue weighted by Gasteiger charge is -2.34. The van der Waals surface area contributed by atoms with Crippen LogP contribution in [0.2, 0.25) is 0 Å². The number of H-pyrrole nitrogens is 2. The van der Waals surface area contributed by atoms with Crippen LogP contribution >= 0.6 is 0 Å². The van der Waals surface area contributed by atoms with Gasteiger partial charge in [0, 0.05) is 5.69 Å². The molecule has 0 spiro atoms. The molecule has 0 unspecified atom stereocenters. The van der Waals surface area contributed by atoms with Gasteiger partial charge in [-0.2, -0.15) is 0 Å². The number of amides is 1. The van der Waals surface area contributed by atoms with Crippen LogP contribution in [0, 0.1) is 5.92 Å². The van der Waals surface area contributed by atoms with Gasteiger partial charge in [0.25, 0.3) is 0 Å². The van der Waals surface area contributed by atoms with Gasteiger partial charge in [0.15, 0.2) is 0 Å². The van der Waals surface area contributed by atoms with Crippen LogP contribution in [0.25, 0.3) is 11.0 Å². The molecule has 8 nitrogen and oxygen atoms in total. The van der Waals surface area contributed by atoms with Crippen LogP contribution in [-0.4, -0.2) is 53.0 Å². The van der Waals surface area contributed by atoms with Crippen molar-refractivity contribution in [2.45, 2.75) is 25.8 Å². The van der Waals surface area contributed by atoms with E-state index < -0.39 is 0 Å². The largest absolute Gasteiger partial charge is 0.469 e. The number of aromatic amines is 2. The van der Waals surface area contributed by atoms with Crippen molar-refractivity contribution in [3.8, 4) is 0 Å². The Morgan fingerprint density at radius 1 is 1.24 bits per heavy atom. The van der Waals surface area contributed by atoms with Gasteiger partial charge in [0.05, 0.1) is 30.1 Å². The molecular weight excluding hydrogens is 324 g/mol. The SMILES string of the molecule is COC(=O)C1CCN([C@@H](C)C(=O)Nc2ccc3[nH]c(=O)[nH]c3c2)CC1. The monoisotopic (exact) mass is 346 g/mol. The number of anilines is 1. The fourth-order valence-electron chi connectivity index (χ4n) is 3.21. The number of esters is 1. The fraction of sp³-hybridized carbons (Fsp3) is 0.471. The summed E-state index contributed by atoms with van der Waals surface area (Å²) in [6.07, 6.45) is 1.39. The summed E-state index contributed by atoms with van der Waals surface area (Å²) in [5.41, 5.74) is 1.69. The Kier molecular flexibility index (Phi) is 4.89. The van der Waals surface area contributed by atoms with E-state index in [4.69, 9.17) is 4.74 Å². The van der Waals surface area contributed by atoms with Crippen LogP contribution in [-0.2, 0) is 14.3 Å². The first-order chi connectivity index (χ1) is 12.0. The molecule has 3 N–H and O–H groups in total. The third-order valence-electron chi connectivity index (χ3n) is 4.77.